The molecular formula is C18H26N2O2. The topological polar surface area (TPSA) is 41.6 Å². The van der Waals surface area contributed by atoms with E-state index in [1.54, 1.807) is 0 Å². The van der Waals surface area contributed by atoms with Crippen molar-refractivity contribution in [1.29, 1.82) is 0 Å². The summed E-state index contributed by atoms with van der Waals surface area (Å²) in [5.74, 6) is 0.368. The fourth-order valence-corrected chi connectivity index (χ4v) is 3.63. The molecule has 4 heteroatoms. The Morgan fingerprint density at radius 1 is 1.45 bits per heavy atom. The Balaban J connectivity index is 1.71. The SMILES string of the molecule is CCC(Cc1cccc(C)c1)C(=O)N1CCO[C@@H]2CNC[C@@H]21. The summed E-state index contributed by atoms with van der Waals surface area (Å²) >= 11 is 0. The van der Waals surface area contributed by atoms with E-state index < -0.39 is 0 Å². The number of carbonyl (C=O) groups is 1. The van der Waals surface area contributed by atoms with Crippen LogP contribution in [-0.2, 0) is 16.0 Å². The summed E-state index contributed by atoms with van der Waals surface area (Å²) in [5, 5.41) is 3.34. The fraction of sp³-hybridized carbons (Fsp3) is 0.611. The summed E-state index contributed by atoms with van der Waals surface area (Å²) in [7, 11) is 0. The molecule has 0 bridgehead atoms. The zero-order valence-electron chi connectivity index (χ0n) is 13.5. The first-order valence-corrected chi connectivity index (χ1v) is 8.37. The normalized spacial score (nSPS) is 25.8. The Hall–Kier alpha value is -1.39. The maximum absolute atomic E-state index is 13.0. The van der Waals surface area contributed by atoms with Gasteiger partial charge in [0.1, 0.15) is 0 Å². The van der Waals surface area contributed by atoms with E-state index >= 15 is 0 Å². The first-order chi connectivity index (χ1) is 10.7. The Kier molecular flexibility index (Phi) is 4.79. The fourth-order valence-electron chi connectivity index (χ4n) is 3.63. The van der Waals surface area contributed by atoms with Crippen LogP contribution in [0.5, 0.6) is 0 Å². The number of morpholine rings is 1. The number of hydrogen-bond donors (Lipinski definition) is 1. The molecule has 120 valence electrons. The van der Waals surface area contributed by atoms with E-state index in [1.807, 2.05) is 0 Å². The van der Waals surface area contributed by atoms with E-state index in [4.69, 9.17) is 4.74 Å². The maximum Gasteiger partial charge on any atom is 0.226 e. The van der Waals surface area contributed by atoms with Gasteiger partial charge in [-0.15, -0.1) is 0 Å². The highest BCUT2D eigenvalue weighted by Crippen LogP contribution is 2.23. The standard InChI is InChI=1S/C18H26N2O2/c1-3-15(10-14-6-4-5-13(2)9-14)18(21)20-7-8-22-17-12-19-11-16(17)20/h4-6,9,15-17,19H,3,7-8,10-12H2,1-2H3/t15?,16-,17+/m0/s1. The molecule has 4 nitrogen and oxygen atoms in total. The van der Waals surface area contributed by atoms with Crippen molar-refractivity contribution < 1.29 is 9.53 Å². The van der Waals surface area contributed by atoms with Crippen LogP contribution in [0, 0.1) is 12.8 Å². The predicted octanol–water partition coefficient (Wildman–Crippen LogP) is 1.76. The molecule has 1 amide bonds. The van der Waals surface area contributed by atoms with E-state index in [0.29, 0.717) is 12.5 Å². The second-order valence-electron chi connectivity index (χ2n) is 6.46. The number of ether oxygens (including phenoxy) is 1. The second kappa shape index (κ2) is 6.80. The highest BCUT2D eigenvalue weighted by atomic mass is 16.5. The largest absolute Gasteiger partial charge is 0.373 e. The lowest BCUT2D eigenvalue weighted by Gasteiger charge is -2.38. The number of nitrogens with zero attached hydrogens (tertiary/aromatic N) is 1. The number of nitrogens with one attached hydrogen (secondary N) is 1. The van der Waals surface area contributed by atoms with Gasteiger partial charge in [0.25, 0.3) is 0 Å². The average Bonchev–Trinajstić information content (AvgIpc) is 3.00. The number of rotatable bonds is 4. The molecule has 22 heavy (non-hydrogen) atoms. The molecule has 2 fully saturated rings. The Bertz CT molecular complexity index is 532. The lowest BCUT2D eigenvalue weighted by molar-refractivity contribution is -0.147. The minimum atomic E-state index is 0.0705. The van der Waals surface area contributed by atoms with E-state index in [9.17, 15) is 4.79 Å². The summed E-state index contributed by atoms with van der Waals surface area (Å²) in [6.45, 7) is 7.33. The molecule has 3 rings (SSSR count). The van der Waals surface area contributed by atoms with Crippen molar-refractivity contribution >= 4 is 5.91 Å². The Morgan fingerprint density at radius 3 is 3.09 bits per heavy atom. The molecule has 2 aliphatic heterocycles. The van der Waals surface area contributed by atoms with Crippen LogP contribution in [0.25, 0.3) is 0 Å². The lowest BCUT2D eigenvalue weighted by Crippen LogP contribution is -2.55. The summed E-state index contributed by atoms with van der Waals surface area (Å²) in [5.41, 5.74) is 2.51. The number of aryl methyl sites for hydroxylation is 1. The van der Waals surface area contributed by atoms with Crippen molar-refractivity contribution in [3.05, 3.63) is 35.4 Å². The zero-order chi connectivity index (χ0) is 15.5. The van der Waals surface area contributed by atoms with Crippen LogP contribution in [0.1, 0.15) is 24.5 Å². The van der Waals surface area contributed by atoms with Crippen molar-refractivity contribution in [2.75, 3.05) is 26.2 Å². The minimum Gasteiger partial charge on any atom is -0.373 e. The van der Waals surface area contributed by atoms with Crippen LogP contribution >= 0.6 is 0 Å². The van der Waals surface area contributed by atoms with Gasteiger partial charge in [-0.05, 0) is 25.3 Å². The molecule has 0 radical (unpaired) electrons. The van der Waals surface area contributed by atoms with Gasteiger partial charge in [0.2, 0.25) is 5.91 Å². The Labute approximate surface area is 132 Å². The average molecular weight is 302 g/mol. The molecule has 0 aliphatic carbocycles. The number of hydrogen-bond acceptors (Lipinski definition) is 3. The maximum atomic E-state index is 13.0. The van der Waals surface area contributed by atoms with Crippen molar-refractivity contribution in [2.45, 2.75) is 38.8 Å². The third-order valence-corrected chi connectivity index (χ3v) is 4.88. The van der Waals surface area contributed by atoms with Crippen LogP contribution in [-0.4, -0.2) is 49.2 Å². The molecule has 1 aromatic carbocycles. The summed E-state index contributed by atoms with van der Waals surface area (Å²) in [6.07, 6.45) is 1.89. The van der Waals surface area contributed by atoms with E-state index in [2.05, 4.69) is 48.3 Å². The number of benzene rings is 1. The van der Waals surface area contributed by atoms with Crippen LogP contribution in [0.15, 0.2) is 24.3 Å². The van der Waals surface area contributed by atoms with Gasteiger partial charge in [-0.1, -0.05) is 36.8 Å². The van der Waals surface area contributed by atoms with Gasteiger partial charge < -0.3 is 15.0 Å². The molecule has 1 N–H and O–H groups in total. The molecular weight excluding hydrogens is 276 g/mol. The lowest BCUT2D eigenvalue weighted by atomic mass is 9.93. The molecule has 1 aromatic rings. The van der Waals surface area contributed by atoms with Crippen LogP contribution in [0.4, 0.5) is 0 Å². The van der Waals surface area contributed by atoms with Crippen molar-refractivity contribution in [2.24, 2.45) is 5.92 Å². The Morgan fingerprint density at radius 2 is 2.32 bits per heavy atom. The van der Waals surface area contributed by atoms with Crippen molar-refractivity contribution in [3.63, 3.8) is 0 Å². The highest BCUT2D eigenvalue weighted by Gasteiger charge is 2.39. The minimum absolute atomic E-state index is 0.0705. The van der Waals surface area contributed by atoms with Gasteiger partial charge in [0.05, 0.1) is 18.8 Å². The smallest absolute Gasteiger partial charge is 0.226 e. The predicted molar refractivity (Wildman–Crippen MR) is 86.8 cm³/mol. The van der Waals surface area contributed by atoms with Gasteiger partial charge in [-0.2, -0.15) is 0 Å². The van der Waals surface area contributed by atoms with E-state index in [-0.39, 0.29) is 18.1 Å². The summed E-state index contributed by atoms with van der Waals surface area (Å²) < 4.78 is 5.77. The quantitative estimate of drug-likeness (QED) is 0.921. The molecule has 3 atom stereocenters. The first-order valence-electron chi connectivity index (χ1n) is 8.37. The van der Waals surface area contributed by atoms with Gasteiger partial charge >= 0.3 is 0 Å². The van der Waals surface area contributed by atoms with Crippen molar-refractivity contribution in [3.8, 4) is 0 Å². The van der Waals surface area contributed by atoms with Crippen LogP contribution in [0.2, 0.25) is 0 Å². The number of fused-ring (bicyclic) bond motifs is 1. The van der Waals surface area contributed by atoms with Crippen molar-refractivity contribution in [1.82, 2.24) is 10.2 Å². The third-order valence-electron chi connectivity index (χ3n) is 4.88. The summed E-state index contributed by atoms with van der Waals surface area (Å²) in [6, 6.07) is 8.71. The van der Waals surface area contributed by atoms with Crippen LogP contribution in [0.3, 0.4) is 0 Å². The highest BCUT2D eigenvalue weighted by molar-refractivity contribution is 5.79. The summed E-state index contributed by atoms with van der Waals surface area (Å²) in [4.78, 5) is 15.1. The van der Waals surface area contributed by atoms with Gasteiger partial charge in [-0.25, -0.2) is 0 Å². The molecule has 2 aliphatic rings. The number of amides is 1. The molecule has 1 unspecified atom stereocenters. The van der Waals surface area contributed by atoms with Gasteiger partial charge in [0.15, 0.2) is 0 Å². The van der Waals surface area contributed by atoms with Crippen LogP contribution < -0.4 is 5.32 Å². The third kappa shape index (κ3) is 3.18. The monoisotopic (exact) mass is 302 g/mol. The molecule has 2 saturated heterocycles. The molecule has 0 spiro atoms. The molecule has 0 aromatic heterocycles. The first kappa shape index (κ1) is 15.5. The van der Waals surface area contributed by atoms with E-state index in [1.165, 1.54) is 11.1 Å². The molecule has 2 heterocycles. The van der Waals surface area contributed by atoms with E-state index in [0.717, 1.165) is 32.5 Å². The second-order valence-corrected chi connectivity index (χ2v) is 6.46. The van der Waals surface area contributed by atoms with Gasteiger partial charge in [-0.3, -0.25) is 4.79 Å². The molecule has 0 saturated carbocycles. The zero-order valence-corrected chi connectivity index (χ0v) is 13.5. The van der Waals surface area contributed by atoms with Gasteiger partial charge in [0, 0.05) is 25.6 Å². The number of carbonyl (C=O) groups excluding carboxylic acids is 1.